The van der Waals surface area contributed by atoms with Crippen molar-refractivity contribution in [3.63, 3.8) is 0 Å². The fourth-order valence-corrected chi connectivity index (χ4v) is 9.79. The lowest BCUT2D eigenvalue weighted by Crippen LogP contribution is -2.25. The Morgan fingerprint density at radius 3 is 1.92 bits per heavy atom. The molecule has 1 aliphatic rings. The zero-order chi connectivity index (χ0) is 45.1. The zero-order valence-corrected chi connectivity index (χ0v) is 37.8. The number of hydrogen-bond acceptors (Lipinski definition) is 4. The molecule has 0 amide bonds. The summed E-state index contributed by atoms with van der Waals surface area (Å²) in [6.45, 7) is 11.6. The molecule has 66 heavy (non-hydrogen) atoms. The number of fused-ring (bicyclic) bond motifs is 4. The quantitative estimate of drug-likeness (QED) is 0.152. The molecule has 8 aromatic carbocycles. The maximum absolute atomic E-state index is 14.4. The third-order valence-corrected chi connectivity index (χ3v) is 13.0. The van der Waals surface area contributed by atoms with E-state index in [9.17, 15) is 4.39 Å². The number of para-hydroxylation sites is 4. The number of aromatic nitrogens is 2. The van der Waals surface area contributed by atoms with Gasteiger partial charge in [0, 0.05) is 45.9 Å². The highest BCUT2D eigenvalue weighted by atomic mass is 19.1. The van der Waals surface area contributed by atoms with Gasteiger partial charge in [0.25, 0.3) is 0 Å². The van der Waals surface area contributed by atoms with Gasteiger partial charge >= 0.3 is 0 Å². The van der Waals surface area contributed by atoms with Crippen LogP contribution in [0.1, 0.15) is 37.5 Å². The molecule has 0 spiro atoms. The lowest BCUT2D eigenvalue weighted by atomic mass is 9.88. The molecule has 0 saturated heterocycles. The Morgan fingerprint density at radius 1 is 0.530 bits per heavy atom. The standard InChI is InChI=1S/C60H49FN4O/c1-39-15-13-16-40(2)58(39)43-33-46(36-48(34-43)66-47-29-30-52-51-19-9-10-22-53(51)65(56(52)37-47)57-35-44(31-32-62-57)60(3,4)5)63-38-64(55-24-12-11-23-54(55)63)59-49(41-17-7-6-8-18-41)20-14-21-50(59)42-25-27-45(61)28-26-42/h6-37H,38H2,1-5H3. The van der Waals surface area contributed by atoms with Gasteiger partial charge in [-0.25, -0.2) is 9.37 Å². The summed E-state index contributed by atoms with van der Waals surface area (Å²) in [7, 11) is 0. The van der Waals surface area contributed by atoms with E-state index in [4.69, 9.17) is 9.72 Å². The van der Waals surface area contributed by atoms with Crippen LogP contribution < -0.4 is 14.5 Å². The number of pyridine rings is 1. The van der Waals surface area contributed by atoms with Crippen LogP contribution in [0.25, 0.3) is 61.0 Å². The van der Waals surface area contributed by atoms with Crippen LogP contribution >= 0.6 is 0 Å². The SMILES string of the molecule is Cc1cccc(C)c1-c1cc(Oc2ccc3c4ccccc4n(-c4cc(C(C)(C)C)ccn4)c3c2)cc(N2CN(c3c(-c4ccccc4)cccc3-c3ccc(F)cc3)c3ccccc32)c1. The van der Waals surface area contributed by atoms with Crippen molar-refractivity contribution in [2.24, 2.45) is 0 Å². The molecule has 322 valence electrons. The number of aryl methyl sites for hydroxylation is 2. The third kappa shape index (κ3) is 7.25. The first kappa shape index (κ1) is 40.8. The number of rotatable bonds is 8. The Labute approximate surface area is 385 Å². The van der Waals surface area contributed by atoms with E-state index in [2.05, 4.69) is 207 Å². The van der Waals surface area contributed by atoms with E-state index in [0.717, 1.165) is 89.7 Å². The number of ether oxygens (including phenoxy) is 1. The van der Waals surface area contributed by atoms with Crippen LogP contribution in [0.4, 0.5) is 27.1 Å². The molecule has 2 aromatic heterocycles. The van der Waals surface area contributed by atoms with E-state index in [1.807, 2.05) is 24.4 Å². The molecule has 0 fully saturated rings. The van der Waals surface area contributed by atoms with Gasteiger partial charge in [0.15, 0.2) is 0 Å². The average molecular weight is 861 g/mol. The zero-order valence-electron chi connectivity index (χ0n) is 37.8. The summed E-state index contributed by atoms with van der Waals surface area (Å²) in [5.41, 5.74) is 16.3. The minimum Gasteiger partial charge on any atom is -0.457 e. The molecule has 0 unspecified atom stereocenters. The van der Waals surface area contributed by atoms with Gasteiger partial charge in [-0.2, -0.15) is 0 Å². The number of halogens is 1. The summed E-state index contributed by atoms with van der Waals surface area (Å²) in [5, 5.41) is 2.30. The molecule has 11 rings (SSSR count). The van der Waals surface area contributed by atoms with E-state index < -0.39 is 0 Å². The minimum atomic E-state index is -0.260. The number of hydrogen-bond donors (Lipinski definition) is 0. The molecular weight excluding hydrogens is 812 g/mol. The predicted molar refractivity (Wildman–Crippen MR) is 272 cm³/mol. The second-order valence-electron chi connectivity index (χ2n) is 18.3. The third-order valence-electron chi connectivity index (χ3n) is 13.0. The van der Waals surface area contributed by atoms with Gasteiger partial charge in [-0.3, -0.25) is 4.57 Å². The maximum Gasteiger partial charge on any atom is 0.137 e. The Balaban J connectivity index is 1.06. The van der Waals surface area contributed by atoms with Crippen molar-refractivity contribution in [3.8, 4) is 50.7 Å². The molecule has 1 aliphatic heterocycles. The van der Waals surface area contributed by atoms with Crippen molar-refractivity contribution in [2.45, 2.75) is 40.0 Å². The van der Waals surface area contributed by atoms with Crippen molar-refractivity contribution in [2.75, 3.05) is 16.5 Å². The van der Waals surface area contributed by atoms with E-state index in [1.165, 1.54) is 34.4 Å². The Hall–Kier alpha value is -7.96. The monoisotopic (exact) mass is 860 g/mol. The van der Waals surface area contributed by atoms with Gasteiger partial charge < -0.3 is 14.5 Å². The van der Waals surface area contributed by atoms with E-state index >= 15 is 0 Å². The van der Waals surface area contributed by atoms with Crippen molar-refractivity contribution < 1.29 is 9.13 Å². The van der Waals surface area contributed by atoms with Crippen LogP contribution in [-0.4, -0.2) is 16.2 Å². The second-order valence-corrected chi connectivity index (χ2v) is 18.3. The average Bonchev–Trinajstić information content (AvgIpc) is 3.87. The maximum atomic E-state index is 14.4. The summed E-state index contributed by atoms with van der Waals surface area (Å²) in [6, 6.07) is 64.7. The van der Waals surface area contributed by atoms with Crippen LogP contribution in [0.3, 0.4) is 0 Å². The van der Waals surface area contributed by atoms with Crippen molar-refractivity contribution >= 4 is 44.6 Å². The highest BCUT2D eigenvalue weighted by molar-refractivity contribution is 6.09. The molecule has 6 heteroatoms. The van der Waals surface area contributed by atoms with Gasteiger partial charge in [-0.15, -0.1) is 0 Å². The molecular formula is C60H49FN4O. The first-order chi connectivity index (χ1) is 32.1. The van der Waals surface area contributed by atoms with Gasteiger partial charge in [0.1, 0.15) is 29.8 Å². The van der Waals surface area contributed by atoms with E-state index in [-0.39, 0.29) is 11.2 Å². The lowest BCUT2D eigenvalue weighted by Gasteiger charge is -2.27. The largest absolute Gasteiger partial charge is 0.457 e. The molecule has 0 bridgehead atoms. The van der Waals surface area contributed by atoms with Crippen molar-refractivity contribution in [3.05, 3.63) is 217 Å². The van der Waals surface area contributed by atoms with Gasteiger partial charge in [0.2, 0.25) is 0 Å². The Kier molecular flexibility index (Phi) is 10.0. The summed E-state index contributed by atoms with van der Waals surface area (Å²) >= 11 is 0. The van der Waals surface area contributed by atoms with Crippen LogP contribution in [-0.2, 0) is 5.41 Å². The molecule has 10 aromatic rings. The van der Waals surface area contributed by atoms with Gasteiger partial charge in [0.05, 0.1) is 28.1 Å². The van der Waals surface area contributed by atoms with Crippen LogP contribution in [0.5, 0.6) is 11.5 Å². The molecule has 0 saturated carbocycles. The molecule has 3 heterocycles. The molecule has 0 N–H and O–H groups in total. The number of benzene rings is 8. The van der Waals surface area contributed by atoms with Gasteiger partial charge in [-0.05, 0) is 125 Å². The minimum absolute atomic E-state index is 0.0358. The predicted octanol–water partition coefficient (Wildman–Crippen LogP) is 16.3. The second kappa shape index (κ2) is 16.2. The molecule has 5 nitrogen and oxygen atoms in total. The highest BCUT2D eigenvalue weighted by Gasteiger charge is 2.32. The fourth-order valence-electron chi connectivity index (χ4n) is 9.79. The number of anilines is 4. The van der Waals surface area contributed by atoms with E-state index in [0.29, 0.717) is 6.67 Å². The summed E-state index contributed by atoms with van der Waals surface area (Å²) in [4.78, 5) is 9.70. The van der Waals surface area contributed by atoms with Crippen LogP contribution in [0.15, 0.2) is 194 Å². The molecule has 0 aliphatic carbocycles. The molecule has 0 atom stereocenters. The summed E-state index contributed by atoms with van der Waals surface area (Å²) in [5.74, 6) is 2.07. The number of nitrogens with zero attached hydrogens (tertiary/aromatic N) is 4. The van der Waals surface area contributed by atoms with Gasteiger partial charge in [-0.1, -0.05) is 130 Å². The Bertz CT molecular complexity index is 3440. The summed E-state index contributed by atoms with van der Waals surface area (Å²) in [6.07, 6.45) is 1.92. The van der Waals surface area contributed by atoms with Crippen molar-refractivity contribution in [1.29, 1.82) is 0 Å². The fraction of sp³-hybridized carbons (Fsp3) is 0.117. The highest BCUT2D eigenvalue weighted by Crippen LogP contribution is 2.51. The molecule has 0 radical (unpaired) electrons. The van der Waals surface area contributed by atoms with Crippen molar-refractivity contribution in [1.82, 2.24) is 9.55 Å². The lowest BCUT2D eigenvalue weighted by molar-refractivity contribution is 0.483. The normalized spacial score (nSPS) is 12.6. The first-order valence-electron chi connectivity index (χ1n) is 22.6. The van der Waals surface area contributed by atoms with Crippen LogP contribution in [0, 0.1) is 19.7 Å². The smallest absolute Gasteiger partial charge is 0.137 e. The Morgan fingerprint density at radius 2 is 1.18 bits per heavy atom. The van der Waals surface area contributed by atoms with E-state index in [1.54, 1.807) is 0 Å². The first-order valence-corrected chi connectivity index (χ1v) is 22.6. The van der Waals surface area contributed by atoms with Crippen LogP contribution in [0.2, 0.25) is 0 Å². The summed E-state index contributed by atoms with van der Waals surface area (Å²) < 4.78 is 23.7. The topological polar surface area (TPSA) is 33.5 Å².